The van der Waals surface area contributed by atoms with Gasteiger partial charge in [-0.25, -0.2) is 4.79 Å². The van der Waals surface area contributed by atoms with Crippen LogP contribution in [0.3, 0.4) is 0 Å². The van der Waals surface area contributed by atoms with E-state index >= 15 is 0 Å². The number of esters is 1. The molecule has 0 aliphatic heterocycles. The summed E-state index contributed by atoms with van der Waals surface area (Å²) in [6.07, 6.45) is 9.06. The lowest BCUT2D eigenvalue weighted by Gasteiger charge is -2.13. The molecule has 0 saturated heterocycles. The average molecular weight is 240 g/mol. The van der Waals surface area contributed by atoms with Gasteiger partial charge in [-0.3, -0.25) is 0 Å². The molecule has 1 N–H and O–H groups in total. The molecule has 0 heterocycles. The van der Waals surface area contributed by atoms with Gasteiger partial charge >= 0.3 is 5.97 Å². The van der Waals surface area contributed by atoms with Crippen molar-refractivity contribution >= 4 is 5.97 Å². The van der Waals surface area contributed by atoms with E-state index in [1.807, 2.05) is 19.1 Å². The van der Waals surface area contributed by atoms with Crippen LogP contribution in [0.4, 0.5) is 0 Å². The second kappa shape index (κ2) is 9.81. The molecule has 0 aromatic rings. The zero-order valence-corrected chi connectivity index (χ0v) is 10.6. The van der Waals surface area contributed by atoms with Gasteiger partial charge in [0.05, 0.1) is 19.8 Å². The van der Waals surface area contributed by atoms with E-state index in [4.69, 9.17) is 9.84 Å². The minimum atomic E-state index is -0.381. The number of carbonyl (C=O) groups excluding carboxylic acids is 1. The Morgan fingerprint density at radius 2 is 1.94 bits per heavy atom. The van der Waals surface area contributed by atoms with E-state index < -0.39 is 0 Å². The molecule has 0 saturated carbocycles. The Morgan fingerprint density at radius 3 is 2.47 bits per heavy atom. The highest BCUT2D eigenvalue weighted by Crippen LogP contribution is 2.10. The standard InChI is InChI=1S/C13H20O4/c1-11(10-13(15)17-3)12(16-2)8-6-4-5-7-9-14/h4-7,10,12,14H,8-9H2,1-3H3/b6-4-,7-5+,11-10-/t12-/m1/s1. The number of aliphatic hydroxyl groups is 1. The number of allylic oxidation sites excluding steroid dienone is 2. The smallest absolute Gasteiger partial charge is 0.330 e. The summed E-state index contributed by atoms with van der Waals surface area (Å²) in [5.74, 6) is -0.381. The monoisotopic (exact) mass is 240 g/mol. The topological polar surface area (TPSA) is 55.8 Å². The van der Waals surface area contributed by atoms with Crippen LogP contribution in [0.1, 0.15) is 13.3 Å². The van der Waals surface area contributed by atoms with Gasteiger partial charge < -0.3 is 14.6 Å². The van der Waals surface area contributed by atoms with Crippen LogP contribution in [0.2, 0.25) is 0 Å². The zero-order chi connectivity index (χ0) is 13.1. The van der Waals surface area contributed by atoms with E-state index in [1.165, 1.54) is 13.2 Å². The van der Waals surface area contributed by atoms with Gasteiger partial charge in [0, 0.05) is 13.2 Å². The number of methoxy groups -OCH3 is 2. The van der Waals surface area contributed by atoms with Crippen molar-refractivity contribution in [3.05, 3.63) is 36.0 Å². The Labute approximate surface area is 102 Å². The van der Waals surface area contributed by atoms with Crippen molar-refractivity contribution < 1.29 is 19.4 Å². The van der Waals surface area contributed by atoms with Gasteiger partial charge in [-0.05, 0) is 18.9 Å². The Hall–Kier alpha value is -1.39. The lowest BCUT2D eigenvalue weighted by Crippen LogP contribution is -2.12. The van der Waals surface area contributed by atoms with Crippen molar-refractivity contribution in [2.75, 3.05) is 20.8 Å². The Balaban J connectivity index is 4.32. The number of hydrogen-bond donors (Lipinski definition) is 1. The highest BCUT2D eigenvalue weighted by Gasteiger charge is 2.09. The third-order valence-corrected chi connectivity index (χ3v) is 2.18. The molecule has 0 amide bonds. The van der Waals surface area contributed by atoms with Crippen molar-refractivity contribution in [2.45, 2.75) is 19.4 Å². The largest absolute Gasteiger partial charge is 0.466 e. The summed E-state index contributed by atoms with van der Waals surface area (Å²) in [6, 6.07) is 0. The predicted molar refractivity (Wildman–Crippen MR) is 66.6 cm³/mol. The normalized spacial score (nSPS) is 14.5. The Kier molecular flexibility index (Phi) is 9.01. The first kappa shape index (κ1) is 15.6. The highest BCUT2D eigenvalue weighted by molar-refractivity contribution is 5.82. The maximum absolute atomic E-state index is 11.0. The number of ether oxygens (including phenoxy) is 2. The Bertz CT molecular complexity index is 303. The maximum atomic E-state index is 11.0. The minimum absolute atomic E-state index is 0.0271. The van der Waals surface area contributed by atoms with Gasteiger partial charge in [-0.15, -0.1) is 0 Å². The molecule has 0 rings (SSSR count). The van der Waals surface area contributed by atoms with E-state index in [2.05, 4.69) is 4.74 Å². The minimum Gasteiger partial charge on any atom is -0.466 e. The fourth-order valence-corrected chi connectivity index (χ4v) is 1.23. The van der Waals surface area contributed by atoms with Crippen LogP contribution < -0.4 is 0 Å². The summed E-state index contributed by atoms with van der Waals surface area (Å²) in [6.45, 7) is 1.85. The van der Waals surface area contributed by atoms with E-state index in [0.717, 1.165) is 5.57 Å². The third kappa shape index (κ3) is 7.49. The predicted octanol–water partition coefficient (Wildman–Crippen LogP) is 1.62. The number of aliphatic hydroxyl groups excluding tert-OH is 1. The van der Waals surface area contributed by atoms with E-state index in [1.54, 1.807) is 19.3 Å². The molecule has 0 aromatic heterocycles. The van der Waals surface area contributed by atoms with Crippen molar-refractivity contribution in [2.24, 2.45) is 0 Å². The van der Waals surface area contributed by atoms with Gasteiger partial charge in [0.15, 0.2) is 0 Å². The second-order valence-corrected chi connectivity index (χ2v) is 3.41. The van der Waals surface area contributed by atoms with Crippen LogP contribution in [-0.4, -0.2) is 38.0 Å². The van der Waals surface area contributed by atoms with Crippen LogP contribution in [0.25, 0.3) is 0 Å². The molecule has 0 fully saturated rings. The van der Waals surface area contributed by atoms with Gasteiger partial charge in [-0.2, -0.15) is 0 Å². The van der Waals surface area contributed by atoms with Crippen LogP contribution in [0.15, 0.2) is 36.0 Å². The number of hydrogen-bond acceptors (Lipinski definition) is 4. The molecule has 4 nitrogen and oxygen atoms in total. The average Bonchev–Trinajstić information content (AvgIpc) is 2.33. The van der Waals surface area contributed by atoms with Crippen LogP contribution in [0, 0.1) is 0 Å². The van der Waals surface area contributed by atoms with Crippen LogP contribution in [-0.2, 0) is 14.3 Å². The second-order valence-electron chi connectivity index (χ2n) is 3.41. The molecular formula is C13H20O4. The van der Waals surface area contributed by atoms with Crippen molar-refractivity contribution in [3.8, 4) is 0 Å². The summed E-state index contributed by atoms with van der Waals surface area (Å²) in [5, 5.41) is 8.53. The summed E-state index contributed by atoms with van der Waals surface area (Å²) in [5.41, 5.74) is 0.815. The SMILES string of the molecule is COC(=O)/C=C(/C)[C@@H](C/C=C\C=C\CO)OC. The fraction of sp³-hybridized carbons (Fsp3) is 0.462. The van der Waals surface area contributed by atoms with E-state index in [-0.39, 0.29) is 18.7 Å². The molecule has 1 atom stereocenters. The Morgan fingerprint density at radius 1 is 1.29 bits per heavy atom. The van der Waals surface area contributed by atoms with Gasteiger partial charge in [-0.1, -0.05) is 24.3 Å². The highest BCUT2D eigenvalue weighted by atomic mass is 16.5. The van der Waals surface area contributed by atoms with Crippen LogP contribution in [0.5, 0.6) is 0 Å². The van der Waals surface area contributed by atoms with Crippen molar-refractivity contribution in [3.63, 3.8) is 0 Å². The molecule has 0 bridgehead atoms. The molecule has 17 heavy (non-hydrogen) atoms. The molecule has 0 unspecified atom stereocenters. The molecule has 4 heteroatoms. The molecule has 0 aliphatic rings. The zero-order valence-electron chi connectivity index (χ0n) is 10.6. The summed E-state index contributed by atoms with van der Waals surface area (Å²) < 4.78 is 9.81. The van der Waals surface area contributed by atoms with Gasteiger partial charge in [0.2, 0.25) is 0 Å². The van der Waals surface area contributed by atoms with E-state index in [0.29, 0.717) is 6.42 Å². The molecule has 0 aromatic carbocycles. The quantitative estimate of drug-likeness (QED) is 0.417. The third-order valence-electron chi connectivity index (χ3n) is 2.18. The first-order valence-electron chi connectivity index (χ1n) is 5.37. The molecule has 0 aliphatic carbocycles. The van der Waals surface area contributed by atoms with Gasteiger partial charge in [0.25, 0.3) is 0 Å². The first-order valence-corrected chi connectivity index (χ1v) is 5.37. The molecular weight excluding hydrogens is 220 g/mol. The number of rotatable bonds is 7. The summed E-state index contributed by atoms with van der Waals surface area (Å²) in [4.78, 5) is 11.0. The fourth-order valence-electron chi connectivity index (χ4n) is 1.23. The van der Waals surface area contributed by atoms with Crippen molar-refractivity contribution in [1.82, 2.24) is 0 Å². The van der Waals surface area contributed by atoms with Gasteiger partial charge in [0.1, 0.15) is 0 Å². The maximum Gasteiger partial charge on any atom is 0.330 e. The van der Waals surface area contributed by atoms with Crippen molar-refractivity contribution in [1.29, 1.82) is 0 Å². The lowest BCUT2D eigenvalue weighted by molar-refractivity contribution is -0.134. The first-order chi connectivity index (χ1) is 8.15. The van der Waals surface area contributed by atoms with E-state index in [9.17, 15) is 4.79 Å². The molecule has 0 spiro atoms. The lowest BCUT2D eigenvalue weighted by atomic mass is 10.1. The van der Waals surface area contributed by atoms with Crippen LogP contribution >= 0.6 is 0 Å². The number of carbonyl (C=O) groups is 1. The summed E-state index contributed by atoms with van der Waals surface area (Å²) >= 11 is 0. The summed E-state index contributed by atoms with van der Waals surface area (Å²) in [7, 11) is 2.93. The molecule has 0 radical (unpaired) electrons. The molecule has 96 valence electrons.